The molecule has 0 aromatic heterocycles. The fourth-order valence-corrected chi connectivity index (χ4v) is 1.13. The lowest BCUT2D eigenvalue weighted by Crippen LogP contribution is -2.23. The standard InChI is InChI=1S/C7H9N2O2S/c8-12(10,11)9-6-7-4-2-1-3-5-7/h1-5,8-9H,6H2. The van der Waals surface area contributed by atoms with Gasteiger partial charge >= 0.3 is 0 Å². The highest BCUT2D eigenvalue weighted by molar-refractivity contribution is 7.86. The molecule has 0 atom stereocenters. The molecule has 1 rings (SSSR count). The lowest BCUT2D eigenvalue weighted by Gasteiger charge is -1.99. The van der Waals surface area contributed by atoms with E-state index in [0.717, 1.165) is 5.56 Å². The Balaban J connectivity index is 2.56. The summed E-state index contributed by atoms with van der Waals surface area (Å²) in [4.78, 5) is 0. The maximum absolute atomic E-state index is 10.4. The van der Waals surface area contributed by atoms with Gasteiger partial charge in [0.15, 0.2) is 0 Å². The van der Waals surface area contributed by atoms with Crippen LogP contribution in [0.2, 0.25) is 0 Å². The molecule has 0 saturated heterocycles. The quantitative estimate of drug-likeness (QED) is 0.736. The molecule has 5 heteroatoms. The molecule has 0 aliphatic rings. The highest BCUT2D eigenvalue weighted by Crippen LogP contribution is 1.97. The Morgan fingerprint density at radius 3 is 2.33 bits per heavy atom. The third-order valence-corrected chi connectivity index (χ3v) is 1.83. The van der Waals surface area contributed by atoms with Crippen LogP contribution in [0.4, 0.5) is 0 Å². The molecule has 1 aromatic carbocycles. The van der Waals surface area contributed by atoms with E-state index in [0.29, 0.717) is 0 Å². The van der Waals surface area contributed by atoms with Crippen molar-refractivity contribution in [2.24, 2.45) is 0 Å². The molecule has 4 nitrogen and oxygen atoms in total. The molecule has 0 heterocycles. The smallest absolute Gasteiger partial charge is 0.197 e. The van der Waals surface area contributed by atoms with Crippen molar-refractivity contribution in [1.29, 1.82) is 0 Å². The van der Waals surface area contributed by atoms with Crippen LogP contribution in [0.25, 0.3) is 0 Å². The van der Waals surface area contributed by atoms with Crippen molar-refractivity contribution in [3.63, 3.8) is 0 Å². The van der Waals surface area contributed by atoms with Crippen LogP contribution in [-0.4, -0.2) is 8.42 Å². The van der Waals surface area contributed by atoms with Gasteiger partial charge in [-0.25, -0.2) is 0 Å². The molecular weight excluding hydrogens is 176 g/mol. The number of hydrogen-bond acceptors (Lipinski definition) is 2. The molecule has 0 fully saturated rings. The van der Waals surface area contributed by atoms with Crippen molar-refractivity contribution in [3.8, 4) is 0 Å². The van der Waals surface area contributed by atoms with Crippen LogP contribution in [0.15, 0.2) is 30.3 Å². The zero-order valence-corrected chi connectivity index (χ0v) is 7.14. The summed E-state index contributed by atoms with van der Waals surface area (Å²) in [5, 5.41) is 6.54. The number of hydrogen-bond donors (Lipinski definition) is 1. The Labute approximate surface area is 71.6 Å². The maximum Gasteiger partial charge on any atom is 0.290 e. The minimum absolute atomic E-state index is 0.173. The topological polar surface area (TPSA) is 70.0 Å². The van der Waals surface area contributed by atoms with E-state index in [2.05, 4.69) is 4.72 Å². The lowest BCUT2D eigenvalue weighted by atomic mass is 10.2. The zero-order chi connectivity index (χ0) is 9.03. The molecule has 12 heavy (non-hydrogen) atoms. The monoisotopic (exact) mass is 185 g/mol. The summed E-state index contributed by atoms with van der Waals surface area (Å²) in [7, 11) is -3.82. The average molecular weight is 185 g/mol. The number of nitrogens with one attached hydrogen (secondary N) is 2. The zero-order valence-electron chi connectivity index (χ0n) is 6.32. The van der Waals surface area contributed by atoms with E-state index in [1.54, 1.807) is 12.1 Å². The van der Waals surface area contributed by atoms with Gasteiger partial charge in [-0.2, -0.15) is 13.1 Å². The first-order chi connectivity index (χ1) is 5.58. The van der Waals surface area contributed by atoms with Crippen LogP contribution >= 0.6 is 0 Å². The van der Waals surface area contributed by atoms with E-state index in [4.69, 9.17) is 5.14 Å². The normalized spacial score (nSPS) is 11.4. The van der Waals surface area contributed by atoms with Crippen LogP contribution < -0.4 is 9.86 Å². The predicted octanol–water partition coefficient (Wildman–Crippen LogP) is 0.304. The molecule has 0 saturated carbocycles. The van der Waals surface area contributed by atoms with Gasteiger partial charge in [0.1, 0.15) is 0 Å². The van der Waals surface area contributed by atoms with Crippen LogP contribution in [-0.2, 0) is 16.8 Å². The summed E-state index contributed by atoms with van der Waals surface area (Å²) in [5.74, 6) is 0. The molecule has 0 aliphatic heterocycles. The number of rotatable bonds is 3. The van der Waals surface area contributed by atoms with E-state index >= 15 is 0 Å². The van der Waals surface area contributed by atoms with Crippen molar-refractivity contribution in [2.75, 3.05) is 0 Å². The van der Waals surface area contributed by atoms with Gasteiger partial charge in [0, 0.05) is 6.54 Å². The maximum atomic E-state index is 10.4. The Morgan fingerprint density at radius 1 is 1.25 bits per heavy atom. The SMILES string of the molecule is [NH]S(=O)(=O)NCc1ccccc1. The van der Waals surface area contributed by atoms with Gasteiger partial charge in [-0.1, -0.05) is 30.3 Å². The van der Waals surface area contributed by atoms with E-state index in [1.807, 2.05) is 18.2 Å². The van der Waals surface area contributed by atoms with Gasteiger partial charge < -0.3 is 0 Å². The Morgan fingerprint density at radius 2 is 1.83 bits per heavy atom. The van der Waals surface area contributed by atoms with Gasteiger partial charge in [0.25, 0.3) is 10.2 Å². The van der Waals surface area contributed by atoms with Crippen LogP contribution in [0.1, 0.15) is 5.56 Å². The first-order valence-corrected chi connectivity index (χ1v) is 4.84. The summed E-state index contributed by atoms with van der Waals surface area (Å²) in [5.41, 5.74) is 0.841. The molecule has 0 amide bonds. The van der Waals surface area contributed by atoms with Gasteiger partial charge in [-0.05, 0) is 5.56 Å². The summed E-state index contributed by atoms with van der Waals surface area (Å²) >= 11 is 0. The number of benzene rings is 1. The summed E-state index contributed by atoms with van der Waals surface area (Å²) in [6.45, 7) is 0.173. The average Bonchev–Trinajstić information content (AvgIpc) is 2.02. The van der Waals surface area contributed by atoms with Crippen molar-refractivity contribution in [1.82, 2.24) is 9.86 Å². The van der Waals surface area contributed by atoms with Crippen molar-refractivity contribution in [3.05, 3.63) is 35.9 Å². The van der Waals surface area contributed by atoms with Gasteiger partial charge in [0.2, 0.25) is 0 Å². The van der Waals surface area contributed by atoms with Gasteiger partial charge in [-0.3, -0.25) is 0 Å². The minimum Gasteiger partial charge on any atom is -0.197 e. The third kappa shape index (κ3) is 3.47. The third-order valence-electron chi connectivity index (χ3n) is 1.31. The Hall–Kier alpha value is -0.910. The van der Waals surface area contributed by atoms with E-state index < -0.39 is 10.2 Å². The van der Waals surface area contributed by atoms with E-state index in [1.165, 1.54) is 0 Å². The van der Waals surface area contributed by atoms with Gasteiger partial charge in [0.05, 0.1) is 0 Å². The Bertz CT molecular complexity index is 334. The molecule has 0 unspecified atom stereocenters. The lowest BCUT2D eigenvalue weighted by molar-refractivity contribution is 0.581. The predicted molar refractivity (Wildman–Crippen MR) is 45.3 cm³/mol. The second kappa shape index (κ2) is 3.66. The molecule has 1 aromatic rings. The van der Waals surface area contributed by atoms with Crippen molar-refractivity contribution < 1.29 is 8.42 Å². The van der Waals surface area contributed by atoms with Gasteiger partial charge in [-0.15, -0.1) is 5.14 Å². The minimum atomic E-state index is -3.82. The summed E-state index contributed by atoms with van der Waals surface area (Å²) in [6.07, 6.45) is 0. The fourth-order valence-electron chi connectivity index (χ4n) is 0.774. The fraction of sp³-hybridized carbons (Fsp3) is 0.143. The van der Waals surface area contributed by atoms with E-state index in [-0.39, 0.29) is 6.54 Å². The van der Waals surface area contributed by atoms with Crippen LogP contribution in [0.5, 0.6) is 0 Å². The largest absolute Gasteiger partial charge is 0.290 e. The summed E-state index contributed by atoms with van der Waals surface area (Å²) < 4.78 is 22.8. The molecular formula is C7H9N2O2S. The molecule has 1 radical (unpaired) electrons. The Kier molecular flexibility index (Phi) is 2.80. The molecule has 0 aliphatic carbocycles. The second-order valence-electron chi connectivity index (χ2n) is 2.31. The van der Waals surface area contributed by atoms with Crippen LogP contribution in [0, 0.1) is 0 Å². The van der Waals surface area contributed by atoms with E-state index in [9.17, 15) is 8.42 Å². The summed E-state index contributed by atoms with van der Waals surface area (Å²) in [6, 6.07) is 9.05. The second-order valence-corrected chi connectivity index (χ2v) is 3.61. The molecule has 0 spiro atoms. The van der Waals surface area contributed by atoms with Crippen LogP contribution in [0.3, 0.4) is 0 Å². The van der Waals surface area contributed by atoms with Crippen molar-refractivity contribution in [2.45, 2.75) is 6.54 Å². The molecule has 0 bridgehead atoms. The van der Waals surface area contributed by atoms with Crippen molar-refractivity contribution >= 4 is 10.2 Å². The molecule has 65 valence electrons. The first kappa shape index (κ1) is 9.18. The first-order valence-electron chi connectivity index (χ1n) is 3.36. The molecule has 2 N–H and O–H groups in total. The highest BCUT2D eigenvalue weighted by Gasteiger charge is 2.00. The highest BCUT2D eigenvalue weighted by atomic mass is 32.2.